The zero-order valence-corrected chi connectivity index (χ0v) is 18.5. The highest BCUT2D eigenvalue weighted by atomic mass is 16.5. The number of benzene rings is 1. The summed E-state index contributed by atoms with van der Waals surface area (Å²) in [6.07, 6.45) is 14.9. The van der Waals surface area contributed by atoms with Crippen molar-refractivity contribution in [2.45, 2.75) is 96.5 Å². The van der Waals surface area contributed by atoms with E-state index in [1.807, 2.05) is 13.0 Å². The predicted molar refractivity (Wildman–Crippen MR) is 117 cm³/mol. The Morgan fingerprint density at radius 3 is 1.90 bits per heavy atom. The largest absolute Gasteiger partial charge is 0.507 e. The number of aryl methyl sites for hydroxylation is 1. The van der Waals surface area contributed by atoms with E-state index >= 15 is 0 Å². The molecule has 0 amide bonds. The van der Waals surface area contributed by atoms with Crippen LogP contribution in [0.25, 0.3) is 0 Å². The van der Waals surface area contributed by atoms with Gasteiger partial charge in [-0.1, -0.05) is 64.2 Å². The number of carbonyl (C=O) groups excluding carboxylic acids is 1. The molecule has 166 valence electrons. The summed E-state index contributed by atoms with van der Waals surface area (Å²) < 4.78 is 10.0. The third-order valence-electron chi connectivity index (χ3n) is 5.37. The average Bonchev–Trinajstić information content (AvgIpc) is 2.70. The Morgan fingerprint density at radius 1 is 0.897 bits per heavy atom. The van der Waals surface area contributed by atoms with Crippen LogP contribution in [0, 0.1) is 0 Å². The van der Waals surface area contributed by atoms with Gasteiger partial charge in [0.05, 0.1) is 20.3 Å². The Kier molecular flexibility index (Phi) is 13.2. The molecule has 0 radical (unpaired) electrons. The Bertz CT molecular complexity index is 583. The van der Waals surface area contributed by atoms with Crippen molar-refractivity contribution in [3.8, 4) is 11.5 Å². The van der Waals surface area contributed by atoms with E-state index in [2.05, 4.69) is 0 Å². The first kappa shape index (κ1) is 25.3. The molecule has 0 heterocycles. The van der Waals surface area contributed by atoms with Crippen molar-refractivity contribution in [3.63, 3.8) is 0 Å². The summed E-state index contributed by atoms with van der Waals surface area (Å²) in [6.45, 7) is 1.86. The van der Waals surface area contributed by atoms with Crippen LogP contribution in [-0.2, 0) is 11.2 Å². The molecule has 1 atom stereocenters. The Labute approximate surface area is 176 Å². The van der Waals surface area contributed by atoms with E-state index in [4.69, 9.17) is 9.47 Å². The normalized spacial score (nSPS) is 12.0. The number of hydrogen-bond acceptors (Lipinski definition) is 5. The van der Waals surface area contributed by atoms with Gasteiger partial charge in [0.15, 0.2) is 0 Å². The Hall–Kier alpha value is -1.75. The molecule has 1 rings (SSSR count). The van der Waals surface area contributed by atoms with Gasteiger partial charge in [-0.25, -0.2) is 4.79 Å². The van der Waals surface area contributed by atoms with Crippen molar-refractivity contribution in [1.82, 2.24) is 0 Å². The molecule has 0 saturated heterocycles. The molecule has 5 nitrogen and oxygen atoms in total. The van der Waals surface area contributed by atoms with Gasteiger partial charge in [-0.05, 0) is 37.8 Å². The molecule has 0 spiro atoms. The first-order chi connectivity index (χ1) is 14.0. The fourth-order valence-corrected chi connectivity index (χ4v) is 3.66. The minimum Gasteiger partial charge on any atom is -0.507 e. The van der Waals surface area contributed by atoms with Crippen LogP contribution in [0.2, 0.25) is 0 Å². The Morgan fingerprint density at radius 2 is 1.41 bits per heavy atom. The number of aliphatic hydroxyl groups is 1. The van der Waals surface area contributed by atoms with Crippen LogP contribution in [0.5, 0.6) is 11.5 Å². The predicted octanol–water partition coefficient (Wildman–Crippen LogP) is 5.79. The molecule has 1 aromatic rings. The van der Waals surface area contributed by atoms with Gasteiger partial charge in [-0.3, -0.25) is 0 Å². The molecule has 1 aromatic carbocycles. The molecule has 0 aliphatic carbocycles. The van der Waals surface area contributed by atoms with Gasteiger partial charge < -0.3 is 19.7 Å². The summed E-state index contributed by atoms with van der Waals surface area (Å²) in [5, 5.41) is 19.4. The average molecular weight is 409 g/mol. The van der Waals surface area contributed by atoms with Gasteiger partial charge in [-0.15, -0.1) is 0 Å². The molecule has 29 heavy (non-hydrogen) atoms. The highest BCUT2D eigenvalue weighted by Gasteiger charge is 2.18. The van der Waals surface area contributed by atoms with E-state index in [9.17, 15) is 15.0 Å². The molecule has 2 N–H and O–H groups in total. The van der Waals surface area contributed by atoms with E-state index in [0.717, 1.165) is 37.7 Å². The van der Waals surface area contributed by atoms with E-state index in [1.54, 1.807) is 7.11 Å². The zero-order valence-electron chi connectivity index (χ0n) is 18.5. The van der Waals surface area contributed by atoms with Crippen LogP contribution in [-0.4, -0.2) is 36.5 Å². The van der Waals surface area contributed by atoms with Crippen LogP contribution >= 0.6 is 0 Å². The SMILES string of the molecule is COC(=O)c1c(O)cc(OC)cc1CCCCCCCCCCCCCC(C)O. The van der Waals surface area contributed by atoms with E-state index < -0.39 is 5.97 Å². The maximum atomic E-state index is 12.0. The number of unbranched alkanes of at least 4 members (excludes halogenated alkanes) is 10. The molecule has 1 unspecified atom stereocenters. The van der Waals surface area contributed by atoms with Crippen LogP contribution in [0.4, 0.5) is 0 Å². The molecule has 0 bridgehead atoms. The second-order valence-electron chi connectivity index (χ2n) is 7.95. The molecular formula is C24H40O5. The highest BCUT2D eigenvalue weighted by Crippen LogP contribution is 2.29. The molecule has 0 aromatic heterocycles. The van der Waals surface area contributed by atoms with Crippen molar-refractivity contribution >= 4 is 5.97 Å². The fraction of sp³-hybridized carbons (Fsp3) is 0.708. The summed E-state index contributed by atoms with van der Waals surface area (Å²) in [6, 6.07) is 3.26. The minimum absolute atomic E-state index is 0.0860. The summed E-state index contributed by atoms with van der Waals surface area (Å²) in [7, 11) is 2.87. The quantitative estimate of drug-likeness (QED) is 0.267. The maximum absolute atomic E-state index is 12.0. The number of phenols is 1. The van der Waals surface area contributed by atoms with Crippen molar-refractivity contribution in [2.75, 3.05) is 14.2 Å². The van der Waals surface area contributed by atoms with E-state index in [0.29, 0.717) is 5.75 Å². The van der Waals surface area contributed by atoms with Crippen LogP contribution in [0.1, 0.15) is 99.9 Å². The number of rotatable bonds is 16. The molecular weight excluding hydrogens is 368 g/mol. The number of phenolic OH excluding ortho intramolecular Hbond substituents is 1. The summed E-state index contributed by atoms with van der Waals surface area (Å²) in [5.74, 6) is -0.0425. The lowest BCUT2D eigenvalue weighted by Gasteiger charge is -2.12. The monoisotopic (exact) mass is 408 g/mol. The topological polar surface area (TPSA) is 76.0 Å². The third-order valence-corrected chi connectivity index (χ3v) is 5.37. The number of hydrogen-bond donors (Lipinski definition) is 2. The summed E-state index contributed by atoms with van der Waals surface area (Å²) in [4.78, 5) is 12.0. The van der Waals surface area contributed by atoms with Gasteiger partial charge in [0, 0.05) is 6.07 Å². The number of aliphatic hydroxyl groups excluding tert-OH is 1. The second kappa shape index (κ2) is 15.1. The lowest BCUT2D eigenvalue weighted by Crippen LogP contribution is -2.07. The Balaban J connectivity index is 2.17. The van der Waals surface area contributed by atoms with Gasteiger partial charge in [0.25, 0.3) is 0 Å². The molecule has 5 heteroatoms. The summed E-state index contributed by atoms with van der Waals surface area (Å²) in [5.41, 5.74) is 1.03. The van der Waals surface area contributed by atoms with Gasteiger partial charge in [0.2, 0.25) is 0 Å². The lowest BCUT2D eigenvalue weighted by molar-refractivity contribution is 0.0596. The van der Waals surface area contributed by atoms with E-state index in [1.165, 1.54) is 64.5 Å². The van der Waals surface area contributed by atoms with E-state index in [-0.39, 0.29) is 17.4 Å². The number of esters is 1. The van der Waals surface area contributed by atoms with Crippen molar-refractivity contribution in [1.29, 1.82) is 0 Å². The number of aromatic hydroxyl groups is 1. The molecule has 0 saturated carbocycles. The van der Waals surface area contributed by atoms with Gasteiger partial charge in [0.1, 0.15) is 17.1 Å². The molecule has 0 aliphatic heterocycles. The summed E-state index contributed by atoms with van der Waals surface area (Å²) >= 11 is 0. The minimum atomic E-state index is -0.508. The number of methoxy groups -OCH3 is 2. The maximum Gasteiger partial charge on any atom is 0.341 e. The second-order valence-corrected chi connectivity index (χ2v) is 7.95. The number of carbonyl (C=O) groups is 1. The van der Waals surface area contributed by atoms with Gasteiger partial charge in [-0.2, -0.15) is 0 Å². The lowest BCUT2D eigenvalue weighted by atomic mass is 9.98. The van der Waals surface area contributed by atoms with Crippen LogP contribution < -0.4 is 4.74 Å². The van der Waals surface area contributed by atoms with Crippen molar-refractivity contribution in [3.05, 3.63) is 23.3 Å². The van der Waals surface area contributed by atoms with Crippen molar-refractivity contribution < 1.29 is 24.5 Å². The van der Waals surface area contributed by atoms with Crippen LogP contribution in [0.3, 0.4) is 0 Å². The number of ether oxygens (including phenoxy) is 2. The smallest absolute Gasteiger partial charge is 0.341 e. The standard InChI is InChI=1S/C24H40O5/c1-19(25)15-13-11-9-7-5-4-6-8-10-12-14-16-20-17-21(28-2)18-22(26)23(20)24(27)29-3/h17-19,25-26H,4-16H2,1-3H3. The van der Waals surface area contributed by atoms with Crippen molar-refractivity contribution in [2.24, 2.45) is 0 Å². The first-order valence-corrected chi connectivity index (χ1v) is 11.2. The van der Waals surface area contributed by atoms with Gasteiger partial charge >= 0.3 is 5.97 Å². The van der Waals surface area contributed by atoms with Crippen LogP contribution in [0.15, 0.2) is 12.1 Å². The zero-order chi connectivity index (χ0) is 21.5. The molecule has 0 aliphatic rings. The highest BCUT2D eigenvalue weighted by molar-refractivity contribution is 5.94. The fourth-order valence-electron chi connectivity index (χ4n) is 3.66. The third kappa shape index (κ3) is 10.6. The first-order valence-electron chi connectivity index (χ1n) is 11.2. The molecule has 0 fully saturated rings.